The maximum atomic E-state index is 13.3. The third kappa shape index (κ3) is 5.82. The highest BCUT2D eigenvalue weighted by molar-refractivity contribution is 6.99. The van der Waals surface area contributed by atoms with E-state index in [0.717, 1.165) is 15.9 Å². The Morgan fingerprint density at radius 1 is 0.794 bits per heavy atom. The smallest absolute Gasteiger partial charge is 0.334 e. The quantitative estimate of drug-likeness (QED) is 0.342. The molecular formula is C28H32O5Si. The summed E-state index contributed by atoms with van der Waals surface area (Å²) in [6.07, 6.45) is -1.34. The van der Waals surface area contributed by atoms with Gasteiger partial charge in [-0.2, -0.15) is 0 Å². The van der Waals surface area contributed by atoms with Gasteiger partial charge in [0.05, 0.1) is 13.5 Å². The molecule has 0 aliphatic heterocycles. The van der Waals surface area contributed by atoms with Gasteiger partial charge in [-0.3, -0.25) is 4.79 Å². The van der Waals surface area contributed by atoms with Gasteiger partial charge in [0.2, 0.25) is 0 Å². The van der Waals surface area contributed by atoms with Crippen LogP contribution in [0.2, 0.25) is 5.04 Å². The zero-order valence-electron chi connectivity index (χ0n) is 20.2. The molecule has 0 fully saturated rings. The molecule has 6 heteroatoms. The normalized spacial score (nSPS) is 12.6. The molecule has 0 N–H and O–H groups in total. The number of methoxy groups -OCH3 is 1. The molecule has 0 bridgehead atoms. The Kier molecular flexibility index (Phi) is 8.42. The summed E-state index contributed by atoms with van der Waals surface area (Å²) >= 11 is 0. The zero-order valence-corrected chi connectivity index (χ0v) is 21.2. The molecule has 0 unspecified atom stereocenters. The van der Waals surface area contributed by atoms with Crippen molar-refractivity contribution in [2.75, 3.05) is 7.11 Å². The van der Waals surface area contributed by atoms with Crippen LogP contribution >= 0.6 is 0 Å². The highest BCUT2D eigenvalue weighted by Gasteiger charge is 2.52. The Hall–Kier alpha value is -3.22. The van der Waals surface area contributed by atoms with Crippen molar-refractivity contribution in [3.63, 3.8) is 0 Å². The van der Waals surface area contributed by atoms with Crippen molar-refractivity contribution in [2.45, 2.75) is 44.9 Å². The summed E-state index contributed by atoms with van der Waals surface area (Å²) < 4.78 is 17.4. The molecule has 0 saturated carbocycles. The van der Waals surface area contributed by atoms with Gasteiger partial charge in [0.25, 0.3) is 8.32 Å². The van der Waals surface area contributed by atoms with Gasteiger partial charge in [-0.15, -0.1) is 0 Å². The van der Waals surface area contributed by atoms with Gasteiger partial charge in [-0.1, -0.05) is 112 Å². The fourth-order valence-electron chi connectivity index (χ4n) is 4.13. The van der Waals surface area contributed by atoms with Gasteiger partial charge in [0.15, 0.2) is 6.10 Å². The van der Waals surface area contributed by atoms with Crippen molar-refractivity contribution in [1.29, 1.82) is 0 Å². The van der Waals surface area contributed by atoms with Crippen molar-refractivity contribution in [3.8, 4) is 0 Å². The molecule has 0 heterocycles. The standard InChI is InChI=1S/C28H32O5Si/c1-28(2,3)34(23-16-10-6-11-17-23,24-18-12-7-13-19-24)33-25(20-26(29)31-4)27(30)32-21-22-14-8-5-9-15-22/h5-19,25H,20-21H2,1-4H3/t25-/m0/s1. The van der Waals surface area contributed by atoms with E-state index in [9.17, 15) is 9.59 Å². The number of carbonyl (C=O) groups is 2. The van der Waals surface area contributed by atoms with E-state index in [0.29, 0.717) is 0 Å². The first-order valence-electron chi connectivity index (χ1n) is 11.3. The lowest BCUT2D eigenvalue weighted by Crippen LogP contribution is -2.68. The second-order valence-electron chi connectivity index (χ2n) is 9.14. The minimum absolute atomic E-state index is 0.0987. The number of rotatable bonds is 9. The molecule has 1 atom stereocenters. The zero-order chi connectivity index (χ0) is 24.6. The Bertz CT molecular complexity index is 1020. The maximum absolute atomic E-state index is 13.3. The number of hydrogen-bond acceptors (Lipinski definition) is 5. The molecule has 0 spiro atoms. The van der Waals surface area contributed by atoms with Gasteiger partial charge in [0.1, 0.15) is 6.61 Å². The molecule has 0 amide bonds. The van der Waals surface area contributed by atoms with Crippen LogP contribution in [0.5, 0.6) is 0 Å². The van der Waals surface area contributed by atoms with E-state index in [1.54, 1.807) is 0 Å². The number of benzene rings is 3. The molecule has 178 valence electrons. The predicted octanol–water partition coefficient (Wildman–Crippen LogP) is 4.24. The summed E-state index contributed by atoms with van der Waals surface area (Å²) in [5, 5.41) is 1.67. The number of hydrogen-bond donors (Lipinski definition) is 0. The van der Waals surface area contributed by atoms with Crippen LogP contribution in [0.3, 0.4) is 0 Å². The van der Waals surface area contributed by atoms with Gasteiger partial charge >= 0.3 is 11.9 Å². The molecular weight excluding hydrogens is 444 g/mol. The minimum Gasteiger partial charge on any atom is -0.469 e. The second kappa shape index (κ2) is 11.3. The fourth-order valence-corrected chi connectivity index (χ4v) is 8.76. The lowest BCUT2D eigenvalue weighted by molar-refractivity contribution is -0.159. The van der Waals surface area contributed by atoms with Crippen LogP contribution in [0.4, 0.5) is 0 Å². The van der Waals surface area contributed by atoms with Gasteiger partial charge in [-0.25, -0.2) is 4.79 Å². The first-order chi connectivity index (χ1) is 16.3. The molecule has 0 aromatic heterocycles. The van der Waals surface area contributed by atoms with Crippen LogP contribution in [0.15, 0.2) is 91.0 Å². The van der Waals surface area contributed by atoms with Crippen molar-refractivity contribution in [1.82, 2.24) is 0 Å². The molecule has 3 aromatic rings. The molecule has 0 aliphatic rings. The summed E-state index contributed by atoms with van der Waals surface area (Å²) in [4.78, 5) is 25.6. The maximum Gasteiger partial charge on any atom is 0.334 e. The van der Waals surface area contributed by atoms with Crippen LogP contribution in [0, 0.1) is 0 Å². The Balaban J connectivity index is 2.05. The van der Waals surface area contributed by atoms with Crippen molar-refractivity contribution >= 4 is 30.6 Å². The number of esters is 2. The van der Waals surface area contributed by atoms with Crippen LogP contribution in [0.1, 0.15) is 32.8 Å². The summed E-state index contributed by atoms with van der Waals surface area (Å²) in [5.74, 6) is -1.11. The van der Waals surface area contributed by atoms with Crippen LogP contribution in [0.25, 0.3) is 0 Å². The van der Waals surface area contributed by atoms with Crippen molar-refractivity contribution in [3.05, 3.63) is 96.6 Å². The number of carbonyl (C=O) groups excluding carboxylic acids is 2. The Labute approximate surface area is 202 Å². The molecule has 34 heavy (non-hydrogen) atoms. The van der Waals surface area contributed by atoms with E-state index in [2.05, 4.69) is 20.8 Å². The third-order valence-electron chi connectivity index (χ3n) is 5.80. The summed E-state index contributed by atoms with van der Waals surface area (Å²) in [6.45, 7) is 6.44. The largest absolute Gasteiger partial charge is 0.469 e. The molecule has 0 saturated heterocycles. The first-order valence-corrected chi connectivity index (χ1v) is 13.2. The van der Waals surface area contributed by atoms with E-state index >= 15 is 0 Å². The Morgan fingerprint density at radius 3 is 1.71 bits per heavy atom. The van der Waals surface area contributed by atoms with E-state index < -0.39 is 26.4 Å². The van der Waals surface area contributed by atoms with Gasteiger partial charge < -0.3 is 13.9 Å². The fraction of sp³-hybridized carbons (Fsp3) is 0.286. The SMILES string of the molecule is COC(=O)C[C@H](O[Si](c1ccccc1)(c1ccccc1)C(C)(C)C)C(=O)OCc1ccccc1. The van der Waals surface area contributed by atoms with Crippen molar-refractivity contribution < 1.29 is 23.5 Å². The van der Waals surface area contributed by atoms with E-state index in [1.807, 2.05) is 91.0 Å². The van der Waals surface area contributed by atoms with E-state index in [4.69, 9.17) is 13.9 Å². The lowest BCUT2D eigenvalue weighted by Gasteiger charge is -2.44. The summed E-state index contributed by atoms with van der Waals surface area (Å²) in [5.41, 5.74) is 0.859. The monoisotopic (exact) mass is 476 g/mol. The molecule has 5 nitrogen and oxygen atoms in total. The summed E-state index contributed by atoms with van der Waals surface area (Å²) in [7, 11) is -1.77. The predicted molar refractivity (Wildman–Crippen MR) is 135 cm³/mol. The number of ether oxygens (including phenoxy) is 2. The average Bonchev–Trinajstić information content (AvgIpc) is 2.85. The van der Waals surface area contributed by atoms with Gasteiger partial charge in [0, 0.05) is 0 Å². The molecule has 3 rings (SSSR count). The van der Waals surface area contributed by atoms with E-state index in [1.165, 1.54) is 7.11 Å². The second-order valence-corrected chi connectivity index (χ2v) is 13.4. The van der Waals surface area contributed by atoms with Crippen molar-refractivity contribution in [2.24, 2.45) is 0 Å². The van der Waals surface area contributed by atoms with Crippen LogP contribution < -0.4 is 10.4 Å². The third-order valence-corrected chi connectivity index (χ3v) is 10.8. The van der Waals surface area contributed by atoms with Crippen LogP contribution in [-0.4, -0.2) is 33.5 Å². The minimum atomic E-state index is -3.07. The van der Waals surface area contributed by atoms with Crippen LogP contribution in [-0.2, 0) is 30.1 Å². The molecule has 0 aliphatic carbocycles. The van der Waals surface area contributed by atoms with Gasteiger partial charge in [-0.05, 0) is 21.0 Å². The van der Waals surface area contributed by atoms with E-state index in [-0.39, 0.29) is 18.1 Å². The average molecular weight is 477 g/mol. The highest BCUT2D eigenvalue weighted by Crippen LogP contribution is 2.38. The summed E-state index contributed by atoms with van der Waals surface area (Å²) in [6, 6.07) is 29.4. The molecule has 3 aromatic carbocycles. The highest BCUT2D eigenvalue weighted by atomic mass is 28.4. The Morgan fingerprint density at radius 2 is 1.26 bits per heavy atom. The topological polar surface area (TPSA) is 61.8 Å². The lowest BCUT2D eigenvalue weighted by atomic mass is 10.2. The first kappa shape index (κ1) is 25.4. The molecule has 0 radical (unpaired) electrons.